The van der Waals surface area contributed by atoms with Gasteiger partial charge in [0.05, 0.1) is 0 Å². The summed E-state index contributed by atoms with van der Waals surface area (Å²) in [7, 11) is 0. The molecule has 5 heteroatoms. The van der Waals surface area contributed by atoms with Crippen molar-refractivity contribution in [3.05, 3.63) is 47.3 Å². The fraction of sp³-hybridized carbons (Fsp3) is 0.154. The molecule has 1 aromatic carbocycles. The summed E-state index contributed by atoms with van der Waals surface area (Å²) in [5, 5.41) is 8.23. The lowest BCUT2D eigenvalue weighted by Gasteiger charge is -2.08. The van der Waals surface area contributed by atoms with E-state index >= 15 is 0 Å². The van der Waals surface area contributed by atoms with E-state index in [1.165, 1.54) is 11.8 Å². The second kappa shape index (κ2) is 5.18. The van der Waals surface area contributed by atoms with Crippen LogP contribution in [0.25, 0.3) is 0 Å². The average Bonchev–Trinajstić information content (AvgIpc) is 2.32. The molecule has 0 spiro atoms. The van der Waals surface area contributed by atoms with Crippen LogP contribution in [0.5, 0.6) is 0 Å². The van der Waals surface area contributed by atoms with E-state index in [0.29, 0.717) is 5.16 Å². The number of nitrogens with one attached hydrogen (secondary N) is 1. The fourth-order valence-corrected chi connectivity index (χ4v) is 2.41. The van der Waals surface area contributed by atoms with Gasteiger partial charge >= 0.3 is 0 Å². The lowest BCUT2D eigenvalue weighted by Crippen LogP contribution is -2.12. The summed E-state index contributed by atoms with van der Waals surface area (Å²) < 4.78 is 0. The van der Waals surface area contributed by atoms with Gasteiger partial charge in [-0.25, -0.2) is 9.97 Å². The van der Waals surface area contributed by atoms with E-state index in [0.717, 1.165) is 21.6 Å². The number of aryl methyl sites for hydroxylation is 2. The Morgan fingerprint density at radius 2 is 1.83 bits per heavy atom. The van der Waals surface area contributed by atoms with Crippen molar-refractivity contribution in [3.63, 3.8) is 0 Å². The molecule has 0 radical (unpaired) electrons. The molecule has 0 amide bonds. The van der Waals surface area contributed by atoms with Crippen molar-refractivity contribution in [2.75, 3.05) is 0 Å². The van der Waals surface area contributed by atoms with Gasteiger partial charge in [-0.1, -0.05) is 6.07 Å². The van der Waals surface area contributed by atoms with Gasteiger partial charge < -0.3 is 5.73 Å². The van der Waals surface area contributed by atoms with Gasteiger partial charge in [0, 0.05) is 22.9 Å². The molecule has 2 rings (SSSR count). The van der Waals surface area contributed by atoms with Crippen LogP contribution < -0.4 is 5.73 Å². The molecule has 0 unspecified atom stereocenters. The van der Waals surface area contributed by atoms with Crippen LogP contribution in [0.1, 0.15) is 16.7 Å². The molecular weight excluding hydrogens is 244 g/mol. The molecule has 18 heavy (non-hydrogen) atoms. The zero-order valence-electron chi connectivity index (χ0n) is 10.3. The zero-order chi connectivity index (χ0) is 13.1. The first-order valence-corrected chi connectivity index (χ1v) is 6.29. The minimum Gasteiger partial charge on any atom is -0.384 e. The smallest absolute Gasteiger partial charge is 0.192 e. The Bertz CT molecular complexity index is 578. The zero-order valence-corrected chi connectivity index (χ0v) is 11.1. The molecule has 3 N–H and O–H groups in total. The maximum absolute atomic E-state index is 7.57. The fourth-order valence-electron chi connectivity index (χ4n) is 1.47. The molecule has 0 bridgehead atoms. The van der Waals surface area contributed by atoms with Crippen LogP contribution in [0.15, 0.2) is 40.6 Å². The number of nitrogen functional groups attached to an aromatic ring is 1. The molecule has 0 aliphatic rings. The quantitative estimate of drug-likeness (QED) is 0.504. The van der Waals surface area contributed by atoms with E-state index in [4.69, 9.17) is 11.1 Å². The first-order chi connectivity index (χ1) is 8.56. The molecule has 2 aromatic rings. The number of amidine groups is 1. The van der Waals surface area contributed by atoms with Crippen LogP contribution in [-0.2, 0) is 0 Å². The summed E-state index contributed by atoms with van der Waals surface area (Å²) in [4.78, 5) is 9.40. The van der Waals surface area contributed by atoms with Crippen molar-refractivity contribution in [1.29, 1.82) is 5.41 Å². The highest BCUT2D eigenvalue weighted by Gasteiger charge is 2.08. The van der Waals surface area contributed by atoms with E-state index in [1.807, 2.05) is 32.0 Å². The first kappa shape index (κ1) is 12.6. The predicted molar refractivity (Wildman–Crippen MR) is 73.1 cm³/mol. The number of rotatable bonds is 3. The predicted octanol–water partition coefficient (Wildman–Crippen LogP) is 2.53. The third kappa shape index (κ3) is 2.87. The van der Waals surface area contributed by atoms with E-state index in [1.54, 1.807) is 12.4 Å². The number of nitrogens with zero attached hydrogens (tertiary/aromatic N) is 2. The largest absolute Gasteiger partial charge is 0.384 e. The Balaban J connectivity index is 2.35. The lowest BCUT2D eigenvalue weighted by atomic mass is 10.1. The van der Waals surface area contributed by atoms with Crippen molar-refractivity contribution in [3.8, 4) is 0 Å². The summed E-state index contributed by atoms with van der Waals surface area (Å²) in [5.41, 5.74) is 8.43. The Kier molecular flexibility index (Phi) is 3.62. The summed E-state index contributed by atoms with van der Waals surface area (Å²) >= 11 is 1.42. The Morgan fingerprint density at radius 1 is 1.17 bits per heavy atom. The molecule has 0 saturated heterocycles. The molecule has 1 aromatic heterocycles. The maximum atomic E-state index is 7.57. The van der Waals surface area contributed by atoms with Gasteiger partial charge in [0.25, 0.3) is 0 Å². The average molecular weight is 258 g/mol. The highest BCUT2D eigenvalue weighted by Crippen LogP contribution is 2.28. The van der Waals surface area contributed by atoms with E-state index in [-0.39, 0.29) is 5.84 Å². The maximum Gasteiger partial charge on any atom is 0.192 e. The van der Waals surface area contributed by atoms with Crippen LogP contribution in [0.4, 0.5) is 0 Å². The highest BCUT2D eigenvalue weighted by atomic mass is 32.2. The summed E-state index contributed by atoms with van der Waals surface area (Å²) in [5.74, 6) is 0.0598. The van der Waals surface area contributed by atoms with Gasteiger partial charge in [-0.15, -0.1) is 0 Å². The van der Waals surface area contributed by atoms with Crippen molar-refractivity contribution >= 4 is 17.6 Å². The second-order valence-electron chi connectivity index (χ2n) is 4.06. The minimum absolute atomic E-state index is 0.0598. The highest BCUT2D eigenvalue weighted by molar-refractivity contribution is 7.99. The number of benzene rings is 1. The Hall–Kier alpha value is -1.88. The number of hydrogen-bond acceptors (Lipinski definition) is 4. The SMILES string of the molecule is Cc1cnc(Sc2cc(C)ccc2C(=N)N)nc1. The second-order valence-corrected chi connectivity index (χ2v) is 5.07. The molecule has 4 nitrogen and oxygen atoms in total. The van der Waals surface area contributed by atoms with Gasteiger partial charge in [0.2, 0.25) is 0 Å². The minimum atomic E-state index is 0.0598. The number of hydrogen-bond donors (Lipinski definition) is 2. The Labute approximate surface area is 110 Å². The molecule has 1 heterocycles. The van der Waals surface area contributed by atoms with Gasteiger partial charge in [0.15, 0.2) is 5.16 Å². The van der Waals surface area contributed by atoms with E-state index in [9.17, 15) is 0 Å². The van der Waals surface area contributed by atoms with Crippen molar-refractivity contribution in [2.24, 2.45) is 5.73 Å². The Morgan fingerprint density at radius 3 is 2.44 bits per heavy atom. The summed E-state index contributed by atoms with van der Waals surface area (Å²) in [6.45, 7) is 3.95. The third-order valence-electron chi connectivity index (χ3n) is 2.39. The number of nitrogens with two attached hydrogens (primary N) is 1. The van der Waals surface area contributed by atoms with Gasteiger partial charge in [-0.05, 0) is 48.9 Å². The molecule has 0 aliphatic heterocycles. The molecule has 0 aliphatic carbocycles. The topological polar surface area (TPSA) is 75.7 Å². The summed E-state index contributed by atoms with van der Waals surface area (Å²) in [6.07, 6.45) is 3.55. The molecule has 0 saturated carbocycles. The molecule has 0 fully saturated rings. The van der Waals surface area contributed by atoms with Crippen molar-refractivity contribution < 1.29 is 0 Å². The van der Waals surface area contributed by atoms with Crippen LogP contribution in [-0.4, -0.2) is 15.8 Å². The molecule has 92 valence electrons. The molecule has 0 atom stereocenters. The normalized spacial score (nSPS) is 10.3. The van der Waals surface area contributed by atoms with Gasteiger partial charge in [-0.2, -0.15) is 0 Å². The van der Waals surface area contributed by atoms with Gasteiger partial charge in [-0.3, -0.25) is 5.41 Å². The first-order valence-electron chi connectivity index (χ1n) is 5.48. The van der Waals surface area contributed by atoms with E-state index in [2.05, 4.69) is 9.97 Å². The number of aromatic nitrogens is 2. The lowest BCUT2D eigenvalue weighted by molar-refractivity contribution is 0.949. The standard InChI is InChI=1S/C13H14N4S/c1-8-3-4-10(12(14)15)11(5-8)18-13-16-6-9(2)7-17-13/h3-7H,1-2H3,(H3,14,15). The van der Waals surface area contributed by atoms with Crippen LogP contribution in [0, 0.1) is 19.3 Å². The van der Waals surface area contributed by atoms with Crippen molar-refractivity contribution in [1.82, 2.24) is 9.97 Å². The molecular formula is C13H14N4S. The monoisotopic (exact) mass is 258 g/mol. The van der Waals surface area contributed by atoms with Crippen molar-refractivity contribution in [2.45, 2.75) is 23.9 Å². The van der Waals surface area contributed by atoms with Gasteiger partial charge in [0.1, 0.15) is 5.84 Å². The van der Waals surface area contributed by atoms with E-state index < -0.39 is 0 Å². The third-order valence-corrected chi connectivity index (χ3v) is 3.34. The van der Waals surface area contributed by atoms with Crippen LogP contribution in [0.2, 0.25) is 0 Å². The summed E-state index contributed by atoms with van der Waals surface area (Å²) in [6, 6.07) is 5.79. The van der Waals surface area contributed by atoms with Crippen LogP contribution >= 0.6 is 11.8 Å². The van der Waals surface area contributed by atoms with Crippen LogP contribution in [0.3, 0.4) is 0 Å².